The second kappa shape index (κ2) is 7.34. The summed E-state index contributed by atoms with van der Waals surface area (Å²) in [6, 6.07) is 0. The average molecular weight is 382 g/mol. The quantitative estimate of drug-likeness (QED) is 0.587. The molecule has 4 heterocycles. The van der Waals surface area contributed by atoms with Crippen LogP contribution in [0.4, 0.5) is 5.82 Å². The Hall–Kier alpha value is -1.97. The van der Waals surface area contributed by atoms with Gasteiger partial charge < -0.3 is 19.1 Å². The van der Waals surface area contributed by atoms with Crippen LogP contribution in [0.1, 0.15) is 36.1 Å². The van der Waals surface area contributed by atoms with Crippen LogP contribution < -0.4 is 4.90 Å². The van der Waals surface area contributed by atoms with E-state index >= 15 is 0 Å². The van der Waals surface area contributed by atoms with Gasteiger partial charge >= 0.3 is 5.97 Å². The minimum absolute atomic E-state index is 0.104. The van der Waals surface area contributed by atoms with Gasteiger partial charge in [0.2, 0.25) is 11.1 Å². The van der Waals surface area contributed by atoms with E-state index in [4.69, 9.17) is 25.8 Å². The van der Waals surface area contributed by atoms with E-state index in [2.05, 4.69) is 15.0 Å². The lowest BCUT2D eigenvalue weighted by Gasteiger charge is -2.28. The van der Waals surface area contributed by atoms with Crippen LogP contribution in [-0.4, -0.2) is 65.5 Å². The number of halogens is 1. The third-order valence-electron chi connectivity index (χ3n) is 4.62. The summed E-state index contributed by atoms with van der Waals surface area (Å²) in [5.41, 5.74) is 1.00. The highest BCUT2D eigenvalue weighted by atomic mass is 35.5. The number of carbonyl (C=O) groups is 1. The summed E-state index contributed by atoms with van der Waals surface area (Å²) >= 11 is 6.20. The molecule has 0 amide bonds. The van der Waals surface area contributed by atoms with Crippen molar-refractivity contribution in [3.8, 4) is 0 Å². The number of morpholine rings is 1. The zero-order valence-corrected chi connectivity index (χ0v) is 15.2. The second-order valence-corrected chi connectivity index (χ2v) is 6.54. The van der Waals surface area contributed by atoms with Gasteiger partial charge in [-0.05, 0) is 30.9 Å². The number of carbonyl (C=O) groups excluding carboxylic acids is 1. The van der Waals surface area contributed by atoms with Crippen molar-refractivity contribution in [2.45, 2.75) is 25.5 Å². The number of esters is 1. The summed E-state index contributed by atoms with van der Waals surface area (Å²) in [5, 5.41) is 0.104. The fourth-order valence-corrected chi connectivity index (χ4v) is 3.52. The zero-order valence-electron chi connectivity index (χ0n) is 14.5. The first-order valence-electron chi connectivity index (χ1n) is 8.67. The molecule has 2 aromatic rings. The molecule has 0 N–H and O–H groups in total. The minimum Gasteiger partial charge on any atom is -0.463 e. The van der Waals surface area contributed by atoms with E-state index in [9.17, 15) is 4.79 Å². The van der Waals surface area contributed by atoms with Crippen molar-refractivity contribution in [2.75, 3.05) is 44.9 Å². The molecule has 26 heavy (non-hydrogen) atoms. The summed E-state index contributed by atoms with van der Waals surface area (Å²) in [7, 11) is 1.33. The van der Waals surface area contributed by atoms with Gasteiger partial charge in [0.15, 0.2) is 17.0 Å². The van der Waals surface area contributed by atoms with Crippen LogP contribution in [0.15, 0.2) is 0 Å². The van der Waals surface area contributed by atoms with Gasteiger partial charge in [-0.3, -0.25) is 4.57 Å². The van der Waals surface area contributed by atoms with Crippen molar-refractivity contribution in [3.63, 3.8) is 0 Å². The van der Waals surface area contributed by atoms with Crippen molar-refractivity contribution < 1.29 is 19.0 Å². The van der Waals surface area contributed by atoms with Gasteiger partial charge in [0.25, 0.3) is 0 Å². The molecule has 0 bridgehead atoms. The Kier molecular flexibility index (Phi) is 4.92. The SMILES string of the molecule is COC(=O)c1nc2c(N3CCOCC3)nc(Cl)nc2n1C1CCCCO1. The number of ether oxygens (including phenoxy) is 3. The first kappa shape index (κ1) is 17.4. The van der Waals surface area contributed by atoms with Gasteiger partial charge in [-0.2, -0.15) is 9.97 Å². The second-order valence-electron chi connectivity index (χ2n) is 6.21. The number of fused-ring (bicyclic) bond motifs is 1. The summed E-state index contributed by atoms with van der Waals surface area (Å²) in [6.07, 6.45) is 2.43. The number of hydrogen-bond acceptors (Lipinski definition) is 8. The molecule has 0 aliphatic carbocycles. The first-order chi connectivity index (χ1) is 12.7. The molecule has 9 nitrogen and oxygen atoms in total. The summed E-state index contributed by atoms with van der Waals surface area (Å²) in [5.74, 6) is 0.213. The highest BCUT2D eigenvalue weighted by Gasteiger charge is 2.30. The lowest BCUT2D eigenvalue weighted by Crippen LogP contribution is -2.37. The van der Waals surface area contributed by atoms with E-state index in [0.29, 0.717) is 49.9 Å². The fourth-order valence-electron chi connectivity index (χ4n) is 3.36. The molecule has 1 unspecified atom stereocenters. The Bertz CT molecular complexity index is 815. The maximum atomic E-state index is 12.3. The van der Waals surface area contributed by atoms with E-state index in [1.54, 1.807) is 4.57 Å². The summed E-state index contributed by atoms with van der Waals surface area (Å²) < 4.78 is 17.9. The molecule has 1 atom stereocenters. The number of nitrogens with zero attached hydrogens (tertiary/aromatic N) is 5. The number of methoxy groups -OCH3 is 1. The van der Waals surface area contributed by atoms with Crippen LogP contribution >= 0.6 is 11.6 Å². The lowest BCUT2D eigenvalue weighted by atomic mass is 10.2. The largest absolute Gasteiger partial charge is 0.463 e. The maximum Gasteiger partial charge on any atom is 0.374 e. The van der Waals surface area contributed by atoms with Crippen molar-refractivity contribution in [1.82, 2.24) is 19.5 Å². The van der Waals surface area contributed by atoms with Gasteiger partial charge in [-0.25, -0.2) is 9.78 Å². The predicted molar refractivity (Wildman–Crippen MR) is 93.5 cm³/mol. The van der Waals surface area contributed by atoms with Crippen LogP contribution in [0, 0.1) is 0 Å². The van der Waals surface area contributed by atoms with Crippen molar-refractivity contribution in [3.05, 3.63) is 11.1 Å². The standard InChI is InChI=1S/C16H20ClN5O4/c1-24-15(23)14-18-11-12(21-5-8-25-9-6-21)19-16(17)20-13(11)22(14)10-4-2-3-7-26-10/h10H,2-9H2,1H3. The van der Waals surface area contributed by atoms with E-state index in [-0.39, 0.29) is 17.3 Å². The van der Waals surface area contributed by atoms with Crippen molar-refractivity contribution in [2.24, 2.45) is 0 Å². The third-order valence-corrected chi connectivity index (χ3v) is 4.79. The molecule has 0 saturated carbocycles. The average Bonchev–Trinajstić information content (AvgIpc) is 3.07. The number of rotatable bonds is 3. The Morgan fingerprint density at radius 2 is 2.00 bits per heavy atom. The zero-order chi connectivity index (χ0) is 18.1. The van der Waals surface area contributed by atoms with Crippen molar-refractivity contribution >= 4 is 34.6 Å². The Balaban J connectivity index is 1.89. The molecule has 2 aromatic heterocycles. The lowest BCUT2D eigenvalue weighted by molar-refractivity contribution is -0.0319. The third kappa shape index (κ3) is 3.10. The van der Waals surface area contributed by atoms with Crippen LogP contribution in [-0.2, 0) is 14.2 Å². The van der Waals surface area contributed by atoms with E-state index in [1.165, 1.54) is 7.11 Å². The first-order valence-corrected chi connectivity index (χ1v) is 9.05. The Morgan fingerprint density at radius 3 is 2.69 bits per heavy atom. The number of anilines is 1. The van der Waals surface area contributed by atoms with Gasteiger partial charge in [0, 0.05) is 19.7 Å². The molecular weight excluding hydrogens is 362 g/mol. The number of imidazole rings is 1. The van der Waals surface area contributed by atoms with Crippen LogP contribution in [0.5, 0.6) is 0 Å². The van der Waals surface area contributed by atoms with Crippen LogP contribution in [0.3, 0.4) is 0 Å². The van der Waals surface area contributed by atoms with Gasteiger partial charge in [0.1, 0.15) is 6.23 Å². The molecule has 2 aliphatic heterocycles. The van der Waals surface area contributed by atoms with Gasteiger partial charge in [-0.15, -0.1) is 0 Å². The van der Waals surface area contributed by atoms with Gasteiger partial charge in [-0.1, -0.05) is 0 Å². The monoisotopic (exact) mass is 381 g/mol. The fraction of sp³-hybridized carbons (Fsp3) is 0.625. The minimum atomic E-state index is -0.541. The van der Waals surface area contributed by atoms with Crippen molar-refractivity contribution in [1.29, 1.82) is 0 Å². The molecule has 2 fully saturated rings. The molecule has 0 radical (unpaired) electrons. The van der Waals surface area contributed by atoms with E-state index in [0.717, 1.165) is 19.3 Å². The van der Waals surface area contributed by atoms with E-state index in [1.807, 2.05) is 4.90 Å². The normalized spacial score (nSPS) is 21.2. The predicted octanol–water partition coefficient (Wildman–Crippen LogP) is 1.80. The van der Waals surface area contributed by atoms with Gasteiger partial charge in [0.05, 0.1) is 20.3 Å². The molecule has 0 aromatic carbocycles. The smallest absolute Gasteiger partial charge is 0.374 e. The molecule has 2 saturated heterocycles. The molecule has 140 valence electrons. The summed E-state index contributed by atoms with van der Waals surface area (Å²) in [4.78, 5) is 27.6. The Morgan fingerprint density at radius 1 is 1.19 bits per heavy atom. The number of hydrogen-bond donors (Lipinski definition) is 0. The summed E-state index contributed by atoms with van der Waals surface area (Å²) in [6.45, 7) is 3.16. The molecular formula is C16H20ClN5O4. The topological polar surface area (TPSA) is 91.6 Å². The van der Waals surface area contributed by atoms with E-state index < -0.39 is 5.97 Å². The Labute approximate surface area is 155 Å². The van der Waals surface area contributed by atoms with Crippen LogP contribution in [0.25, 0.3) is 11.2 Å². The van der Waals surface area contributed by atoms with Crippen LogP contribution in [0.2, 0.25) is 5.28 Å². The molecule has 2 aliphatic rings. The molecule has 0 spiro atoms. The maximum absolute atomic E-state index is 12.3. The molecule has 4 rings (SSSR count). The molecule has 10 heteroatoms. The number of aromatic nitrogens is 4. The highest BCUT2D eigenvalue weighted by molar-refractivity contribution is 6.28. The highest BCUT2D eigenvalue weighted by Crippen LogP contribution is 2.32.